The number of amides is 1. The summed E-state index contributed by atoms with van der Waals surface area (Å²) in [6.07, 6.45) is -1.26. The lowest BCUT2D eigenvalue weighted by Crippen LogP contribution is -3.16. The number of carbonyl (C=O) groups excluding carboxylic acids is 1. The second kappa shape index (κ2) is 8.02. The standard InChI is InChI=1S/C21H23F3N4O/c22-21(23,24)16-6-9-18(25-14-16)27-10-12-28(13-11-27)19(15-4-2-1-3-5-15)20(29)26-17-7-8-17/h1-6,9,14,17,19H,7-8,10-13H2,(H,26,29)/p+2/t19-/m1/s1. The van der Waals surface area contributed by atoms with E-state index in [-0.39, 0.29) is 11.9 Å². The largest absolute Gasteiger partial charge is 0.419 e. The van der Waals surface area contributed by atoms with Crippen LogP contribution in [0.1, 0.15) is 30.0 Å². The fourth-order valence-corrected chi connectivity index (χ4v) is 3.84. The molecule has 1 saturated carbocycles. The van der Waals surface area contributed by atoms with Gasteiger partial charge in [-0.1, -0.05) is 30.3 Å². The maximum Gasteiger partial charge on any atom is 0.419 e. The third-order valence-electron chi connectivity index (χ3n) is 5.60. The first-order valence-corrected chi connectivity index (χ1v) is 9.95. The molecule has 3 N–H and O–H groups in total. The fraction of sp³-hybridized carbons (Fsp3) is 0.429. The summed E-state index contributed by atoms with van der Waals surface area (Å²) < 4.78 is 38.3. The summed E-state index contributed by atoms with van der Waals surface area (Å²) in [5.74, 6) is 0.721. The van der Waals surface area contributed by atoms with Gasteiger partial charge in [0.25, 0.3) is 11.7 Å². The van der Waals surface area contributed by atoms with Crippen LogP contribution in [0.15, 0.2) is 48.7 Å². The van der Waals surface area contributed by atoms with Crippen molar-refractivity contribution >= 4 is 11.7 Å². The lowest BCUT2D eigenvalue weighted by atomic mass is 10.0. The van der Waals surface area contributed by atoms with Crippen molar-refractivity contribution in [1.82, 2.24) is 5.32 Å². The van der Waals surface area contributed by atoms with Crippen LogP contribution in [0.5, 0.6) is 0 Å². The van der Waals surface area contributed by atoms with E-state index in [1.54, 1.807) is 0 Å². The highest BCUT2D eigenvalue weighted by Gasteiger charge is 2.39. The van der Waals surface area contributed by atoms with E-state index < -0.39 is 11.7 Å². The maximum atomic E-state index is 12.9. The summed E-state index contributed by atoms with van der Waals surface area (Å²) in [6, 6.07) is 12.4. The minimum absolute atomic E-state index is 0.0586. The maximum absolute atomic E-state index is 12.9. The smallest absolute Gasteiger partial charge is 0.348 e. The molecule has 1 aliphatic carbocycles. The lowest BCUT2D eigenvalue weighted by Gasteiger charge is -2.33. The van der Waals surface area contributed by atoms with Gasteiger partial charge in [0, 0.05) is 17.7 Å². The molecule has 1 aromatic carbocycles. The molecule has 154 valence electrons. The molecule has 1 aliphatic heterocycles. The molecule has 1 aromatic heterocycles. The average Bonchev–Trinajstić information content (AvgIpc) is 3.53. The van der Waals surface area contributed by atoms with Crippen LogP contribution in [-0.2, 0) is 11.0 Å². The summed E-state index contributed by atoms with van der Waals surface area (Å²) in [5, 5.41) is 3.13. The molecule has 0 spiro atoms. The molecule has 4 rings (SSSR count). The van der Waals surface area contributed by atoms with Gasteiger partial charge in [0.1, 0.15) is 32.4 Å². The van der Waals surface area contributed by atoms with Crippen LogP contribution in [0.3, 0.4) is 0 Å². The van der Waals surface area contributed by atoms with Crippen LogP contribution in [0.25, 0.3) is 0 Å². The van der Waals surface area contributed by atoms with Gasteiger partial charge in [-0.3, -0.25) is 9.69 Å². The van der Waals surface area contributed by atoms with Crippen molar-refractivity contribution in [1.29, 1.82) is 0 Å². The molecule has 2 aromatic rings. The Morgan fingerprint density at radius 2 is 1.79 bits per heavy atom. The molecule has 5 nitrogen and oxygen atoms in total. The number of piperazine rings is 1. The van der Waals surface area contributed by atoms with Crippen molar-refractivity contribution < 1.29 is 27.8 Å². The number of nitrogens with one attached hydrogen (secondary N) is 3. The van der Waals surface area contributed by atoms with Gasteiger partial charge in [0.2, 0.25) is 0 Å². The van der Waals surface area contributed by atoms with Gasteiger partial charge in [0.15, 0.2) is 6.04 Å². The lowest BCUT2D eigenvalue weighted by molar-refractivity contribution is -0.922. The number of halogens is 3. The van der Waals surface area contributed by atoms with Crippen LogP contribution < -0.4 is 20.1 Å². The van der Waals surface area contributed by atoms with E-state index in [4.69, 9.17) is 0 Å². The number of carbonyl (C=O) groups is 1. The molecule has 2 heterocycles. The molecule has 1 atom stereocenters. The van der Waals surface area contributed by atoms with Crippen molar-refractivity contribution in [3.05, 3.63) is 59.8 Å². The van der Waals surface area contributed by atoms with E-state index in [1.165, 1.54) is 11.0 Å². The Morgan fingerprint density at radius 3 is 2.34 bits per heavy atom. The van der Waals surface area contributed by atoms with Crippen molar-refractivity contribution in [2.75, 3.05) is 31.1 Å². The van der Waals surface area contributed by atoms with Crippen LogP contribution in [-0.4, -0.2) is 38.1 Å². The minimum atomic E-state index is -4.35. The summed E-state index contributed by atoms with van der Waals surface area (Å²) in [5.41, 5.74) is 0.307. The Hall–Kier alpha value is -2.61. The Balaban J connectivity index is 1.44. The number of rotatable bonds is 5. The number of benzene rings is 1. The number of pyridine rings is 1. The van der Waals surface area contributed by atoms with E-state index in [9.17, 15) is 18.0 Å². The molecular weight excluding hydrogens is 381 g/mol. The molecule has 0 bridgehead atoms. The van der Waals surface area contributed by atoms with Gasteiger partial charge in [0.05, 0.1) is 5.56 Å². The van der Waals surface area contributed by atoms with Crippen LogP contribution in [0, 0.1) is 0 Å². The zero-order valence-electron chi connectivity index (χ0n) is 16.0. The summed E-state index contributed by atoms with van der Waals surface area (Å²) >= 11 is 0. The summed E-state index contributed by atoms with van der Waals surface area (Å²) in [4.78, 5) is 18.9. The van der Waals surface area contributed by atoms with Crippen LogP contribution in [0.2, 0.25) is 0 Å². The number of hydrogen-bond acceptors (Lipinski definition) is 2. The van der Waals surface area contributed by atoms with Crippen molar-refractivity contribution in [3.8, 4) is 0 Å². The van der Waals surface area contributed by atoms with E-state index in [1.807, 2.05) is 35.2 Å². The van der Waals surface area contributed by atoms with E-state index in [0.29, 0.717) is 24.9 Å². The monoisotopic (exact) mass is 406 g/mol. The molecule has 1 saturated heterocycles. The number of H-pyrrole nitrogens is 1. The van der Waals surface area contributed by atoms with Gasteiger partial charge < -0.3 is 10.2 Å². The number of alkyl halides is 3. The molecule has 2 fully saturated rings. The van der Waals surface area contributed by atoms with E-state index in [2.05, 4.69) is 10.3 Å². The molecule has 2 aliphatic rings. The third kappa shape index (κ3) is 4.70. The molecule has 1 amide bonds. The Bertz CT molecular complexity index is 829. The second-order valence-electron chi connectivity index (χ2n) is 7.73. The van der Waals surface area contributed by atoms with Crippen molar-refractivity contribution in [2.24, 2.45) is 0 Å². The molecule has 0 radical (unpaired) electrons. The zero-order chi connectivity index (χ0) is 20.4. The predicted molar refractivity (Wildman–Crippen MR) is 101 cm³/mol. The first-order valence-electron chi connectivity index (χ1n) is 9.95. The highest BCUT2D eigenvalue weighted by molar-refractivity contribution is 5.82. The topological polar surface area (TPSA) is 50.9 Å². The number of aromatic amines is 1. The second-order valence-corrected chi connectivity index (χ2v) is 7.73. The number of aromatic nitrogens is 1. The highest BCUT2D eigenvalue weighted by Crippen LogP contribution is 2.28. The van der Waals surface area contributed by atoms with Gasteiger partial charge in [-0.05, 0) is 18.9 Å². The van der Waals surface area contributed by atoms with Crippen LogP contribution >= 0.6 is 0 Å². The predicted octanol–water partition coefficient (Wildman–Crippen LogP) is 1.24. The number of anilines is 1. The van der Waals surface area contributed by atoms with Gasteiger partial charge >= 0.3 is 6.18 Å². The molecule has 8 heteroatoms. The molecule has 29 heavy (non-hydrogen) atoms. The zero-order valence-corrected chi connectivity index (χ0v) is 16.0. The van der Waals surface area contributed by atoms with Crippen molar-refractivity contribution in [3.63, 3.8) is 0 Å². The first kappa shape index (κ1) is 19.7. The quantitative estimate of drug-likeness (QED) is 0.785. The Kier molecular flexibility index (Phi) is 5.45. The van der Waals surface area contributed by atoms with Crippen LogP contribution in [0.4, 0.5) is 19.0 Å². The van der Waals surface area contributed by atoms with Gasteiger partial charge in [-0.25, -0.2) is 4.98 Å². The highest BCUT2D eigenvalue weighted by atomic mass is 19.4. The summed E-state index contributed by atoms with van der Waals surface area (Å²) in [6.45, 7) is 2.79. The minimum Gasteiger partial charge on any atom is -0.348 e. The SMILES string of the molecule is O=C(NC1CC1)[C@@H](c1ccccc1)[NH+]1CCN(c2ccc(C(F)(F)F)c[nH+]2)CC1. The van der Waals surface area contributed by atoms with Gasteiger partial charge in [-0.2, -0.15) is 13.2 Å². The third-order valence-corrected chi connectivity index (χ3v) is 5.60. The van der Waals surface area contributed by atoms with Crippen molar-refractivity contribution in [2.45, 2.75) is 31.1 Å². The first-order chi connectivity index (χ1) is 13.9. The van der Waals surface area contributed by atoms with E-state index >= 15 is 0 Å². The summed E-state index contributed by atoms with van der Waals surface area (Å²) in [7, 11) is 0. The number of hydrogen-bond donors (Lipinski definition) is 2. The van der Waals surface area contributed by atoms with E-state index in [0.717, 1.165) is 43.8 Å². The fourth-order valence-electron chi connectivity index (χ4n) is 3.84. The number of nitrogens with zero attached hydrogens (tertiary/aromatic N) is 1. The van der Waals surface area contributed by atoms with Gasteiger partial charge in [-0.15, -0.1) is 0 Å². The Morgan fingerprint density at radius 1 is 1.10 bits per heavy atom. The average molecular weight is 406 g/mol. The molecular formula is C21H25F3N4O+2. The normalized spacial score (nSPS) is 19.1. The Labute approximate surface area is 167 Å². The number of quaternary nitrogens is 1. The molecule has 0 unspecified atom stereocenters.